The lowest BCUT2D eigenvalue weighted by Gasteiger charge is -2.15. The summed E-state index contributed by atoms with van der Waals surface area (Å²) in [5.41, 5.74) is 2.45. The fourth-order valence-corrected chi connectivity index (χ4v) is 3.12. The maximum Gasteiger partial charge on any atom is 0.228 e. The van der Waals surface area contributed by atoms with Gasteiger partial charge in [0.15, 0.2) is 17.1 Å². The van der Waals surface area contributed by atoms with Gasteiger partial charge in [0.05, 0.1) is 17.7 Å². The molecule has 1 atom stereocenters. The van der Waals surface area contributed by atoms with Crippen LogP contribution in [0.4, 0.5) is 5.95 Å². The van der Waals surface area contributed by atoms with Crippen LogP contribution >= 0.6 is 0 Å². The summed E-state index contributed by atoms with van der Waals surface area (Å²) in [5.74, 6) is 1.70. The largest absolute Gasteiger partial charge is 0.461 e. The smallest absolute Gasteiger partial charge is 0.228 e. The molecule has 0 saturated carbocycles. The Bertz CT molecular complexity index is 1220. The second-order valence-electron chi connectivity index (χ2n) is 6.40. The standard InChI is InChI=1S/C19H17N7O/c1-12(13-7-4-3-5-8-13)20-19-22-16-14(11-25(2)23-16)18-21-17(24-26(18)19)15-9-6-10-27-15/h3-12H,1-2H3,(H,20,22,23)/t12-/m1/s1. The number of anilines is 1. The third kappa shape index (κ3) is 2.62. The summed E-state index contributed by atoms with van der Waals surface area (Å²) in [7, 11) is 1.86. The normalized spacial score (nSPS) is 12.7. The van der Waals surface area contributed by atoms with Crippen LogP contribution in [-0.4, -0.2) is 29.4 Å². The lowest BCUT2D eigenvalue weighted by Crippen LogP contribution is -2.12. The van der Waals surface area contributed by atoms with Crippen LogP contribution in [0.5, 0.6) is 0 Å². The van der Waals surface area contributed by atoms with Gasteiger partial charge >= 0.3 is 0 Å². The summed E-state index contributed by atoms with van der Waals surface area (Å²) < 4.78 is 8.89. The second kappa shape index (κ2) is 5.94. The van der Waals surface area contributed by atoms with E-state index >= 15 is 0 Å². The van der Waals surface area contributed by atoms with Crippen LogP contribution in [0.25, 0.3) is 28.3 Å². The van der Waals surface area contributed by atoms with Crippen molar-refractivity contribution in [1.82, 2.24) is 29.4 Å². The molecule has 0 spiro atoms. The van der Waals surface area contributed by atoms with Gasteiger partial charge in [-0.1, -0.05) is 30.3 Å². The lowest BCUT2D eigenvalue weighted by atomic mass is 10.1. The number of fused-ring (bicyclic) bond motifs is 3. The quantitative estimate of drug-likeness (QED) is 0.529. The van der Waals surface area contributed by atoms with Gasteiger partial charge in [0.2, 0.25) is 11.8 Å². The van der Waals surface area contributed by atoms with Crippen molar-refractivity contribution in [2.75, 3.05) is 5.32 Å². The molecular weight excluding hydrogens is 342 g/mol. The van der Waals surface area contributed by atoms with Crippen LogP contribution in [0.1, 0.15) is 18.5 Å². The molecular formula is C19H17N7O. The summed E-state index contributed by atoms with van der Waals surface area (Å²) in [6.45, 7) is 2.08. The molecule has 0 radical (unpaired) electrons. The summed E-state index contributed by atoms with van der Waals surface area (Å²) in [6.07, 6.45) is 3.50. The molecule has 1 aromatic carbocycles. The first-order chi connectivity index (χ1) is 13.2. The summed E-state index contributed by atoms with van der Waals surface area (Å²) >= 11 is 0. The van der Waals surface area contributed by atoms with Gasteiger partial charge < -0.3 is 9.73 Å². The van der Waals surface area contributed by atoms with Crippen LogP contribution in [0.2, 0.25) is 0 Å². The maximum atomic E-state index is 5.46. The van der Waals surface area contributed by atoms with E-state index in [4.69, 9.17) is 4.42 Å². The van der Waals surface area contributed by atoms with E-state index in [0.717, 1.165) is 10.9 Å². The molecule has 0 aliphatic heterocycles. The first kappa shape index (κ1) is 15.6. The Morgan fingerprint density at radius 3 is 2.67 bits per heavy atom. The molecule has 4 aromatic heterocycles. The third-order valence-corrected chi connectivity index (χ3v) is 4.46. The molecule has 8 nitrogen and oxygen atoms in total. The molecule has 0 saturated heterocycles. The van der Waals surface area contributed by atoms with E-state index in [0.29, 0.717) is 28.8 Å². The first-order valence-electron chi connectivity index (χ1n) is 8.64. The number of furan rings is 1. The van der Waals surface area contributed by atoms with Crippen molar-refractivity contribution in [2.45, 2.75) is 13.0 Å². The van der Waals surface area contributed by atoms with Crippen LogP contribution in [0.3, 0.4) is 0 Å². The number of nitrogens with one attached hydrogen (secondary N) is 1. The van der Waals surface area contributed by atoms with E-state index in [2.05, 4.69) is 44.5 Å². The zero-order valence-electron chi connectivity index (χ0n) is 14.9. The number of hydrogen-bond donors (Lipinski definition) is 1. The first-order valence-corrected chi connectivity index (χ1v) is 8.64. The van der Waals surface area contributed by atoms with Crippen LogP contribution in [0, 0.1) is 0 Å². The van der Waals surface area contributed by atoms with E-state index in [-0.39, 0.29) is 6.04 Å². The van der Waals surface area contributed by atoms with Crippen molar-refractivity contribution in [3.8, 4) is 11.6 Å². The molecule has 8 heteroatoms. The van der Waals surface area contributed by atoms with Gasteiger partial charge in [-0.3, -0.25) is 4.68 Å². The minimum absolute atomic E-state index is 0.0410. The second-order valence-corrected chi connectivity index (χ2v) is 6.40. The number of hydrogen-bond acceptors (Lipinski definition) is 6. The van der Waals surface area contributed by atoms with Gasteiger partial charge in [0.1, 0.15) is 0 Å². The van der Waals surface area contributed by atoms with E-state index < -0.39 is 0 Å². The van der Waals surface area contributed by atoms with Crippen LogP contribution < -0.4 is 5.32 Å². The monoisotopic (exact) mass is 359 g/mol. The number of nitrogens with zero attached hydrogens (tertiary/aromatic N) is 6. The van der Waals surface area contributed by atoms with Crippen molar-refractivity contribution in [2.24, 2.45) is 7.05 Å². The van der Waals surface area contributed by atoms with Crippen molar-refractivity contribution >= 4 is 22.6 Å². The molecule has 5 aromatic rings. The van der Waals surface area contributed by atoms with E-state index in [1.807, 2.05) is 43.6 Å². The molecule has 5 rings (SSSR count). The number of aromatic nitrogens is 6. The number of rotatable bonds is 4. The summed E-state index contributed by atoms with van der Waals surface area (Å²) in [5, 5.41) is 13.3. The number of benzene rings is 1. The summed E-state index contributed by atoms with van der Waals surface area (Å²) in [6, 6.07) is 13.9. The molecule has 0 bridgehead atoms. The van der Waals surface area contributed by atoms with Gasteiger partial charge in [-0.05, 0) is 24.6 Å². The van der Waals surface area contributed by atoms with E-state index in [1.165, 1.54) is 0 Å². The highest BCUT2D eigenvalue weighted by Crippen LogP contribution is 2.25. The molecule has 134 valence electrons. The van der Waals surface area contributed by atoms with Gasteiger partial charge in [0, 0.05) is 13.2 Å². The zero-order valence-corrected chi connectivity index (χ0v) is 14.9. The Labute approximate surface area is 154 Å². The Morgan fingerprint density at radius 2 is 1.89 bits per heavy atom. The van der Waals surface area contributed by atoms with Crippen molar-refractivity contribution < 1.29 is 4.42 Å². The van der Waals surface area contributed by atoms with Gasteiger partial charge in [0.25, 0.3) is 0 Å². The third-order valence-electron chi connectivity index (χ3n) is 4.46. The predicted octanol–water partition coefficient (Wildman–Crippen LogP) is 3.44. The average Bonchev–Trinajstić information content (AvgIpc) is 3.40. The summed E-state index contributed by atoms with van der Waals surface area (Å²) in [4.78, 5) is 9.33. The fourth-order valence-electron chi connectivity index (χ4n) is 3.12. The lowest BCUT2D eigenvalue weighted by molar-refractivity contribution is 0.577. The van der Waals surface area contributed by atoms with Crippen LogP contribution in [-0.2, 0) is 7.05 Å². The van der Waals surface area contributed by atoms with E-state index in [1.54, 1.807) is 15.5 Å². The minimum Gasteiger partial charge on any atom is -0.461 e. The molecule has 1 N–H and O–H groups in total. The Hall–Kier alpha value is -3.68. The van der Waals surface area contributed by atoms with Crippen molar-refractivity contribution in [3.05, 3.63) is 60.5 Å². The minimum atomic E-state index is 0.0410. The molecule has 4 heterocycles. The molecule has 27 heavy (non-hydrogen) atoms. The van der Waals surface area contributed by atoms with Crippen molar-refractivity contribution in [1.29, 1.82) is 0 Å². The Morgan fingerprint density at radius 1 is 1.04 bits per heavy atom. The molecule has 0 amide bonds. The highest BCUT2D eigenvalue weighted by molar-refractivity contribution is 5.90. The van der Waals surface area contributed by atoms with Gasteiger partial charge in [-0.2, -0.15) is 14.6 Å². The Kier molecular flexibility index (Phi) is 3.43. The topological polar surface area (TPSA) is 86.1 Å². The van der Waals surface area contributed by atoms with Crippen molar-refractivity contribution in [3.63, 3.8) is 0 Å². The highest BCUT2D eigenvalue weighted by Gasteiger charge is 2.19. The van der Waals surface area contributed by atoms with E-state index in [9.17, 15) is 0 Å². The van der Waals surface area contributed by atoms with Gasteiger partial charge in [-0.25, -0.2) is 4.98 Å². The highest BCUT2D eigenvalue weighted by atomic mass is 16.3. The number of aryl methyl sites for hydroxylation is 1. The van der Waals surface area contributed by atoms with Crippen LogP contribution in [0.15, 0.2) is 59.3 Å². The molecule has 0 fully saturated rings. The Balaban J connectivity index is 1.67. The average molecular weight is 359 g/mol. The maximum absolute atomic E-state index is 5.46. The predicted molar refractivity (Wildman–Crippen MR) is 101 cm³/mol. The molecule has 0 aliphatic carbocycles. The zero-order chi connectivity index (χ0) is 18.4. The molecule has 0 unspecified atom stereocenters. The van der Waals surface area contributed by atoms with Gasteiger partial charge in [-0.15, -0.1) is 5.10 Å². The fraction of sp³-hybridized carbons (Fsp3) is 0.158. The SMILES string of the molecule is C[C@@H](Nc1nc2nn(C)cc2c2nc(-c3ccco3)nn12)c1ccccc1. The molecule has 0 aliphatic rings.